The third kappa shape index (κ3) is 6.63. The Balaban J connectivity index is 1.27. The molecule has 0 bridgehead atoms. The predicted molar refractivity (Wildman–Crippen MR) is 149 cm³/mol. The summed E-state index contributed by atoms with van der Waals surface area (Å²) in [6, 6.07) is 17.5. The summed E-state index contributed by atoms with van der Waals surface area (Å²) in [7, 11) is 0. The van der Waals surface area contributed by atoms with Crippen LogP contribution in [0.1, 0.15) is 30.4 Å². The first-order valence-corrected chi connectivity index (χ1v) is 13.3. The number of halogens is 1. The third-order valence-electron chi connectivity index (χ3n) is 7.11. The number of fused-ring (bicyclic) bond motifs is 1. The van der Waals surface area contributed by atoms with E-state index in [0.29, 0.717) is 67.0 Å². The highest BCUT2D eigenvalue weighted by Crippen LogP contribution is 2.27. The topological polar surface area (TPSA) is 126 Å². The molecule has 206 valence electrons. The largest absolute Gasteiger partial charge is 0.445 e. The molecule has 4 aromatic rings. The molecule has 1 saturated heterocycles. The molecule has 0 unspecified atom stereocenters. The standard InChI is InChI=1S/C30H31FN6O3/c31-23-9-6-20(7-10-23)8-11-24(28(38)36-29-34-25-12-15-33-18-26(25)35-29)27(32)22-13-16-37(17-14-22)30(39)40-19-21-4-2-1-3-5-21/h1-7,9-10,12,15,18,22H,8,11,13-14,16-17,19,32H2,(H2,34,35,36,38)/b27-24-. The molecule has 0 spiro atoms. The van der Waals surface area contributed by atoms with Crippen molar-refractivity contribution in [2.24, 2.45) is 11.7 Å². The number of anilines is 1. The van der Waals surface area contributed by atoms with E-state index in [0.717, 1.165) is 11.1 Å². The number of rotatable bonds is 8. The molecular weight excluding hydrogens is 511 g/mol. The Hall–Kier alpha value is -4.73. The monoisotopic (exact) mass is 542 g/mol. The van der Waals surface area contributed by atoms with E-state index in [4.69, 9.17) is 10.5 Å². The van der Waals surface area contributed by atoms with E-state index in [-0.39, 0.29) is 30.3 Å². The lowest BCUT2D eigenvalue weighted by molar-refractivity contribution is -0.113. The number of nitrogens with one attached hydrogen (secondary N) is 2. The average Bonchev–Trinajstić information content (AvgIpc) is 3.39. The summed E-state index contributed by atoms with van der Waals surface area (Å²) in [4.78, 5) is 39.3. The van der Waals surface area contributed by atoms with Crippen LogP contribution in [0.2, 0.25) is 0 Å². The van der Waals surface area contributed by atoms with Crippen molar-refractivity contribution in [3.8, 4) is 0 Å². The lowest BCUT2D eigenvalue weighted by Gasteiger charge is -2.32. The number of benzene rings is 2. The van der Waals surface area contributed by atoms with Crippen LogP contribution in [0, 0.1) is 11.7 Å². The molecule has 10 heteroatoms. The normalized spacial score (nSPS) is 14.6. The second-order valence-electron chi connectivity index (χ2n) is 9.79. The Kier molecular flexibility index (Phi) is 8.34. The van der Waals surface area contributed by atoms with Crippen molar-refractivity contribution < 1.29 is 18.7 Å². The van der Waals surface area contributed by atoms with Crippen molar-refractivity contribution in [2.45, 2.75) is 32.3 Å². The minimum Gasteiger partial charge on any atom is -0.445 e. The predicted octanol–water partition coefficient (Wildman–Crippen LogP) is 4.93. The number of nitrogens with zero attached hydrogens (tertiary/aromatic N) is 3. The number of nitrogens with two attached hydrogens (primary N) is 1. The van der Waals surface area contributed by atoms with Gasteiger partial charge in [0.1, 0.15) is 12.4 Å². The number of pyridine rings is 1. The van der Waals surface area contributed by atoms with Crippen molar-refractivity contribution in [1.29, 1.82) is 0 Å². The number of aromatic amines is 1. The summed E-state index contributed by atoms with van der Waals surface area (Å²) in [5, 5.41) is 2.84. The van der Waals surface area contributed by atoms with E-state index in [9.17, 15) is 14.0 Å². The second kappa shape index (κ2) is 12.4. The minimum absolute atomic E-state index is 0.0768. The SMILES string of the molecule is N/C(=C(/CCc1ccc(F)cc1)C(=O)Nc1nc2ccncc2[nH]1)C1CCN(C(=O)OCc2ccccc2)CC1. The van der Waals surface area contributed by atoms with Gasteiger partial charge in [-0.15, -0.1) is 0 Å². The number of aromatic nitrogens is 3. The molecular formula is C30H31FN6O3. The Morgan fingerprint density at radius 3 is 2.52 bits per heavy atom. The van der Waals surface area contributed by atoms with Crippen molar-refractivity contribution in [3.63, 3.8) is 0 Å². The van der Waals surface area contributed by atoms with E-state index >= 15 is 0 Å². The molecule has 0 saturated carbocycles. The second-order valence-corrected chi connectivity index (χ2v) is 9.79. The summed E-state index contributed by atoms with van der Waals surface area (Å²) >= 11 is 0. The average molecular weight is 543 g/mol. The van der Waals surface area contributed by atoms with Crippen LogP contribution in [0.25, 0.3) is 11.0 Å². The van der Waals surface area contributed by atoms with Gasteiger partial charge in [-0.2, -0.15) is 0 Å². The summed E-state index contributed by atoms with van der Waals surface area (Å²) in [6.45, 7) is 1.16. The fraction of sp³-hybridized carbons (Fsp3) is 0.267. The zero-order valence-electron chi connectivity index (χ0n) is 22.0. The fourth-order valence-corrected chi connectivity index (χ4v) is 4.84. The van der Waals surface area contributed by atoms with Crippen molar-refractivity contribution in [1.82, 2.24) is 19.9 Å². The number of hydrogen-bond donors (Lipinski definition) is 3. The summed E-state index contributed by atoms with van der Waals surface area (Å²) in [5.41, 5.74) is 10.8. The van der Waals surface area contributed by atoms with Gasteiger partial charge in [-0.3, -0.25) is 15.1 Å². The molecule has 4 N–H and O–H groups in total. The van der Waals surface area contributed by atoms with E-state index in [1.54, 1.807) is 35.5 Å². The summed E-state index contributed by atoms with van der Waals surface area (Å²) in [5.74, 6) is -0.440. The number of carbonyl (C=O) groups is 2. The van der Waals surface area contributed by atoms with Gasteiger partial charge >= 0.3 is 6.09 Å². The maximum absolute atomic E-state index is 13.5. The number of aryl methyl sites for hydroxylation is 1. The van der Waals surface area contributed by atoms with Gasteiger partial charge in [0.2, 0.25) is 5.95 Å². The van der Waals surface area contributed by atoms with E-state index in [1.165, 1.54) is 12.1 Å². The van der Waals surface area contributed by atoms with Gasteiger partial charge in [0.05, 0.1) is 17.2 Å². The van der Waals surface area contributed by atoms with Crippen LogP contribution in [0.3, 0.4) is 0 Å². The Bertz CT molecular complexity index is 1460. The van der Waals surface area contributed by atoms with Gasteiger partial charge in [0, 0.05) is 36.5 Å². The number of likely N-dealkylation sites (tertiary alicyclic amines) is 1. The number of piperidine rings is 1. The number of imidazole rings is 1. The number of hydrogen-bond acceptors (Lipinski definition) is 6. The molecule has 1 aliphatic rings. The molecule has 40 heavy (non-hydrogen) atoms. The van der Waals surface area contributed by atoms with Gasteiger partial charge < -0.3 is 20.4 Å². The lowest BCUT2D eigenvalue weighted by Crippen LogP contribution is -2.40. The minimum atomic E-state index is -0.362. The maximum atomic E-state index is 13.5. The Labute approximate surface area is 231 Å². The molecule has 0 atom stereocenters. The summed E-state index contributed by atoms with van der Waals surface area (Å²) in [6.07, 6.45) is 4.99. The van der Waals surface area contributed by atoms with Gasteiger partial charge in [0.15, 0.2) is 0 Å². The van der Waals surface area contributed by atoms with Crippen LogP contribution in [-0.4, -0.2) is 44.9 Å². The molecule has 1 fully saturated rings. The summed E-state index contributed by atoms with van der Waals surface area (Å²) < 4.78 is 18.9. The number of amides is 2. The van der Waals surface area contributed by atoms with E-state index in [1.807, 2.05) is 30.3 Å². The van der Waals surface area contributed by atoms with Crippen molar-refractivity contribution in [2.75, 3.05) is 18.4 Å². The van der Waals surface area contributed by atoms with Crippen molar-refractivity contribution >= 4 is 29.0 Å². The number of carbonyl (C=O) groups excluding carboxylic acids is 2. The fourth-order valence-electron chi connectivity index (χ4n) is 4.84. The smallest absolute Gasteiger partial charge is 0.410 e. The van der Waals surface area contributed by atoms with Crippen LogP contribution in [-0.2, 0) is 22.6 Å². The molecule has 9 nitrogen and oxygen atoms in total. The molecule has 5 rings (SSSR count). The molecule has 1 aliphatic heterocycles. The van der Waals surface area contributed by atoms with Gasteiger partial charge in [-0.05, 0) is 55.0 Å². The van der Waals surface area contributed by atoms with Crippen LogP contribution >= 0.6 is 0 Å². The number of H-pyrrole nitrogens is 1. The lowest BCUT2D eigenvalue weighted by atomic mass is 9.89. The molecule has 3 heterocycles. The molecule has 0 aliphatic carbocycles. The van der Waals surface area contributed by atoms with Crippen LogP contribution in [0.15, 0.2) is 84.3 Å². The van der Waals surface area contributed by atoms with E-state index in [2.05, 4.69) is 20.3 Å². The third-order valence-corrected chi connectivity index (χ3v) is 7.11. The van der Waals surface area contributed by atoms with Gasteiger partial charge in [-0.25, -0.2) is 14.2 Å². The maximum Gasteiger partial charge on any atom is 0.410 e. The molecule has 2 amide bonds. The highest BCUT2D eigenvalue weighted by atomic mass is 19.1. The Morgan fingerprint density at radius 2 is 1.80 bits per heavy atom. The van der Waals surface area contributed by atoms with Crippen LogP contribution < -0.4 is 11.1 Å². The van der Waals surface area contributed by atoms with Crippen LogP contribution in [0.4, 0.5) is 15.1 Å². The number of allylic oxidation sites excluding steroid dienone is 1. The zero-order chi connectivity index (χ0) is 27.9. The zero-order valence-corrected chi connectivity index (χ0v) is 22.0. The first-order valence-electron chi connectivity index (χ1n) is 13.3. The molecule has 0 radical (unpaired) electrons. The molecule has 2 aromatic heterocycles. The van der Waals surface area contributed by atoms with E-state index < -0.39 is 0 Å². The van der Waals surface area contributed by atoms with Gasteiger partial charge in [0.25, 0.3) is 5.91 Å². The number of ether oxygens (including phenoxy) is 1. The quantitative estimate of drug-likeness (QED) is 0.271. The first kappa shape index (κ1) is 26.9. The Morgan fingerprint density at radius 1 is 1.05 bits per heavy atom. The van der Waals surface area contributed by atoms with Gasteiger partial charge in [-0.1, -0.05) is 42.5 Å². The van der Waals surface area contributed by atoms with Crippen molar-refractivity contribution in [3.05, 3.63) is 101 Å². The molecule has 2 aromatic carbocycles. The highest BCUT2D eigenvalue weighted by Gasteiger charge is 2.28. The first-order chi connectivity index (χ1) is 19.5. The highest BCUT2D eigenvalue weighted by molar-refractivity contribution is 6.04. The van der Waals surface area contributed by atoms with Crippen LogP contribution in [0.5, 0.6) is 0 Å².